The van der Waals surface area contributed by atoms with Gasteiger partial charge in [-0.2, -0.15) is 0 Å². The van der Waals surface area contributed by atoms with E-state index in [9.17, 15) is 9.59 Å². The fourth-order valence-corrected chi connectivity index (χ4v) is 6.11. The van der Waals surface area contributed by atoms with Crippen molar-refractivity contribution in [3.63, 3.8) is 0 Å². The number of carbonyl (C=O) groups excluding carboxylic acids is 2. The van der Waals surface area contributed by atoms with Gasteiger partial charge in [-0.15, -0.1) is 0 Å². The van der Waals surface area contributed by atoms with Crippen LogP contribution in [0.5, 0.6) is 0 Å². The number of benzene rings is 1. The van der Waals surface area contributed by atoms with Gasteiger partial charge in [-0.25, -0.2) is 0 Å². The van der Waals surface area contributed by atoms with Gasteiger partial charge in [-0.3, -0.25) is 9.59 Å². The first-order valence-corrected chi connectivity index (χ1v) is 9.91. The van der Waals surface area contributed by atoms with Gasteiger partial charge in [-0.1, -0.05) is 18.2 Å². The van der Waals surface area contributed by atoms with Crippen molar-refractivity contribution in [2.45, 2.75) is 45.1 Å². The molecule has 4 aliphatic rings. The third-order valence-corrected chi connectivity index (χ3v) is 7.02. The van der Waals surface area contributed by atoms with E-state index in [1.165, 1.54) is 32.1 Å². The van der Waals surface area contributed by atoms with Crippen LogP contribution < -0.4 is 0 Å². The maximum Gasteiger partial charge on any atom is 0.310 e. The molecule has 4 bridgehead atoms. The Morgan fingerprint density at radius 1 is 1.04 bits per heavy atom. The molecule has 0 radical (unpaired) electrons. The topological polar surface area (TPSA) is 59.2 Å². The number of aromatic amines is 1. The van der Waals surface area contributed by atoms with E-state index in [1.54, 1.807) is 13.1 Å². The predicted octanol–water partition coefficient (Wildman–Crippen LogP) is 4.35. The third-order valence-electron chi connectivity index (χ3n) is 7.02. The van der Waals surface area contributed by atoms with Gasteiger partial charge in [0.1, 0.15) is 0 Å². The molecule has 4 heteroatoms. The van der Waals surface area contributed by atoms with E-state index in [2.05, 4.69) is 4.98 Å². The van der Waals surface area contributed by atoms with Crippen molar-refractivity contribution in [1.29, 1.82) is 0 Å². The van der Waals surface area contributed by atoms with Crippen LogP contribution in [0.4, 0.5) is 0 Å². The largest absolute Gasteiger partial charge is 0.454 e. The molecule has 0 aliphatic heterocycles. The molecule has 0 amide bonds. The number of ketones is 1. The van der Waals surface area contributed by atoms with Gasteiger partial charge in [0.15, 0.2) is 6.10 Å². The molecular weight excluding hydrogens is 326 g/mol. The molecule has 136 valence electrons. The molecule has 1 atom stereocenters. The van der Waals surface area contributed by atoms with E-state index in [0.29, 0.717) is 17.4 Å². The van der Waals surface area contributed by atoms with Gasteiger partial charge in [-0.05, 0) is 68.8 Å². The van der Waals surface area contributed by atoms with E-state index < -0.39 is 6.10 Å². The number of para-hydroxylation sites is 1. The summed E-state index contributed by atoms with van der Waals surface area (Å²) >= 11 is 0. The monoisotopic (exact) mass is 351 g/mol. The van der Waals surface area contributed by atoms with Gasteiger partial charge in [0.2, 0.25) is 5.78 Å². The van der Waals surface area contributed by atoms with Crippen LogP contribution in [0.15, 0.2) is 30.5 Å². The van der Waals surface area contributed by atoms with E-state index in [1.807, 2.05) is 24.3 Å². The van der Waals surface area contributed by atoms with Crippen LogP contribution in [-0.2, 0) is 9.53 Å². The quantitative estimate of drug-likeness (QED) is 0.658. The Bertz CT molecular complexity index is 839. The van der Waals surface area contributed by atoms with Crippen molar-refractivity contribution in [3.05, 3.63) is 36.0 Å². The summed E-state index contributed by atoms with van der Waals surface area (Å²) in [5.41, 5.74) is 1.53. The first-order valence-electron chi connectivity index (χ1n) is 9.91. The Labute approximate surface area is 153 Å². The molecule has 4 saturated carbocycles. The summed E-state index contributed by atoms with van der Waals surface area (Å²) in [5, 5.41) is 0.884. The zero-order valence-corrected chi connectivity index (χ0v) is 15.1. The number of aromatic nitrogens is 1. The highest BCUT2D eigenvalue weighted by Gasteiger charge is 2.51. The third kappa shape index (κ3) is 2.50. The van der Waals surface area contributed by atoms with Crippen LogP contribution in [0.1, 0.15) is 49.4 Å². The number of rotatable bonds is 4. The number of Topliss-reactive ketones (excluding diaryl/α,β-unsaturated/α-hetero) is 1. The zero-order valence-electron chi connectivity index (χ0n) is 15.1. The fraction of sp³-hybridized carbons (Fsp3) is 0.545. The molecule has 0 unspecified atom stereocenters. The lowest BCUT2D eigenvalue weighted by Gasteiger charge is -2.53. The van der Waals surface area contributed by atoms with Crippen LogP contribution in [-0.4, -0.2) is 22.8 Å². The Morgan fingerprint density at radius 3 is 2.38 bits per heavy atom. The molecular formula is C22H25NO3. The second-order valence-corrected chi connectivity index (χ2v) is 8.65. The minimum Gasteiger partial charge on any atom is -0.454 e. The van der Waals surface area contributed by atoms with Crippen LogP contribution >= 0.6 is 0 Å². The smallest absolute Gasteiger partial charge is 0.310 e. The minimum atomic E-state index is -0.737. The highest BCUT2D eigenvalue weighted by atomic mass is 16.5. The average molecular weight is 351 g/mol. The van der Waals surface area contributed by atoms with Gasteiger partial charge in [0.25, 0.3) is 0 Å². The summed E-state index contributed by atoms with van der Waals surface area (Å²) in [5.74, 6) is 2.36. The Balaban J connectivity index is 1.31. The van der Waals surface area contributed by atoms with Crippen LogP contribution in [0, 0.1) is 29.6 Å². The highest BCUT2D eigenvalue weighted by molar-refractivity contribution is 6.10. The number of fused-ring (bicyclic) bond motifs is 1. The lowest BCUT2D eigenvalue weighted by molar-refractivity contribution is -0.165. The maximum absolute atomic E-state index is 12.9. The standard InChI is InChI=1S/C22H25NO3/c1-12(21(24)18-11-23-19-5-3-2-4-17(18)19)26-22(25)20-15-7-13-6-14(9-15)10-16(20)8-13/h2-5,11-16,20,23H,6-10H2,1H3/t12-,13?,14?,15?,16?,20?/m1/s1. The number of ether oxygens (including phenoxy) is 1. The molecule has 1 aromatic carbocycles. The van der Waals surface area contributed by atoms with E-state index in [0.717, 1.165) is 22.7 Å². The molecule has 4 aliphatic carbocycles. The Morgan fingerprint density at radius 2 is 1.69 bits per heavy atom. The molecule has 0 spiro atoms. The lowest BCUT2D eigenvalue weighted by atomic mass is 9.52. The number of hydrogen-bond donors (Lipinski definition) is 1. The zero-order chi connectivity index (χ0) is 17.8. The van der Waals surface area contributed by atoms with E-state index >= 15 is 0 Å². The lowest BCUT2D eigenvalue weighted by Crippen LogP contribution is -2.49. The Hall–Kier alpha value is -2.10. The maximum atomic E-state index is 12.9. The van der Waals surface area contributed by atoms with E-state index in [4.69, 9.17) is 4.74 Å². The molecule has 1 aromatic heterocycles. The summed E-state index contributed by atoms with van der Waals surface area (Å²) in [4.78, 5) is 28.9. The molecule has 4 nitrogen and oxygen atoms in total. The van der Waals surface area contributed by atoms with Gasteiger partial charge in [0.05, 0.1) is 5.92 Å². The summed E-state index contributed by atoms with van der Waals surface area (Å²) in [6, 6.07) is 7.71. The number of H-pyrrole nitrogens is 1. The minimum absolute atomic E-state index is 0.0148. The summed E-state index contributed by atoms with van der Waals surface area (Å²) < 4.78 is 5.71. The number of nitrogens with one attached hydrogen (secondary N) is 1. The van der Waals surface area contributed by atoms with Crippen molar-refractivity contribution in [1.82, 2.24) is 4.98 Å². The predicted molar refractivity (Wildman–Crippen MR) is 98.7 cm³/mol. The average Bonchev–Trinajstić information content (AvgIpc) is 3.04. The van der Waals surface area contributed by atoms with Gasteiger partial charge >= 0.3 is 5.97 Å². The molecule has 26 heavy (non-hydrogen) atoms. The molecule has 1 N–H and O–H groups in total. The van der Waals surface area contributed by atoms with Crippen LogP contribution in [0.3, 0.4) is 0 Å². The molecule has 6 rings (SSSR count). The normalized spacial score (nSPS) is 33.3. The second kappa shape index (κ2) is 5.97. The van der Waals surface area contributed by atoms with Crippen molar-refractivity contribution in [2.75, 3.05) is 0 Å². The molecule has 1 heterocycles. The fourth-order valence-electron chi connectivity index (χ4n) is 6.11. The molecule has 0 saturated heterocycles. The van der Waals surface area contributed by atoms with Gasteiger partial charge in [0, 0.05) is 22.7 Å². The first kappa shape index (κ1) is 16.1. The second-order valence-electron chi connectivity index (χ2n) is 8.65. The molecule has 2 aromatic rings. The first-order chi connectivity index (χ1) is 12.6. The summed E-state index contributed by atoms with van der Waals surface area (Å²) in [6.45, 7) is 1.71. The van der Waals surface area contributed by atoms with Crippen molar-refractivity contribution < 1.29 is 14.3 Å². The number of hydrogen-bond acceptors (Lipinski definition) is 3. The molecule has 4 fully saturated rings. The Kier molecular flexibility index (Phi) is 3.70. The number of esters is 1. The van der Waals surface area contributed by atoms with Crippen molar-refractivity contribution >= 4 is 22.7 Å². The van der Waals surface area contributed by atoms with E-state index in [-0.39, 0.29) is 17.7 Å². The van der Waals surface area contributed by atoms with Crippen LogP contribution in [0.25, 0.3) is 10.9 Å². The summed E-state index contributed by atoms with van der Waals surface area (Å²) in [7, 11) is 0. The highest BCUT2D eigenvalue weighted by Crippen LogP contribution is 2.56. The van der Waals surface area contributed by atoms with Crippen LogP contribution in [0.2, 0.25) is 0 Å². The summed E-state index contributed by atoms with van der Waals surface area (Å²) in [6.07, 6.45) is 7.06. The van der Waals surface area contributed by atoms with Gasteiger partial charge < -0.3 is 9.72 Å². The SMILES string of the molecule is C[C@@H](OC(=O)C1C2CC3CC(C2)CC1C3)C(=O)c1c[nH]c2ccccc12. The van der Waals surface area contributed by atoms with Crippen molar-refractivity contribution in [3.8, 4) is 0 Å². The number of carbonyl (C=O) groups is 2. The van der Waals surface area contributed by atoms with Crippen molar-refractivity contribution in [2.24, 2.45) is 29.6 Å².